The van der Waals surface area contributed by atoms with Crippen LogP contribution in [-0.4, -0.2) is 152 Å². The largest absolute Gasteiger partial charge is 0.521 e. The number of carbonyl (C=O) groups excluding carboxylic acids is 6. The van der Waals surface area contributed by atoms with E-state index in [0.717, 1.165) is 151 Å². The third-order valence-electron chi connectivity index (χ3n) is 29.5. The fraction of sp³-hybridized carbons (Fsp3) is 0.880. The van der Waals surface area contributed by atoms with Crippen molar-refractivity contribution in [3.8, 4) is 0 Å². The van der Waals surface area contributed by atoms with Gasteiger partial charge in [0.1, 0.15) is 0 Å². The maximum atomic E-state index is 12.2. The second-order valence-electron chi connectivity index (χ2n) is 40.7. The van der Waals surface area contributed by atoms with Crippen LogP contribution in [0.25, 0.3) is 0 Å². The van der Waals surface area contributed by atoms with Gasteiger partial charge in [0.25, 0.3) is 0 Å². The summed E-state index contributed by atoms with van der Waals surface area (Å²) in [5.41, 5.74) is -3.55. The molecule has 19 nitrogen and oxygen atoms in total. The van der Waals surface area contributed by atoms with Gasteiger partial charge >= 0.3 is 29.8 Å². The number of hydrogen-bond acceptors (Lipinski definition) is 17. The number of ketones is 3. The zero-order valence-electron chi connectivity index (χ0n) is 66.0. The average molecular weight is 1960 g/mol. The highest BCUT2D eigenvalue weighted by atomic mass is 128. The van der Waals surface area contributed by atoms with E-state index in [-0.39, 0.29) is 63.3 Å². The van der Waals surface area contributed by atoms with Crippen LogP contribution in [0.2, 0.25) is 39.3 Å². The Morgan fingerprint density at radius 3 is 0.899 bits per heavy atom. The van der Waals surface area contributed by atoms with Crippen molar-refractivity contribution >= 4 is 149 Å². The number of esters is 3. The first-order valence-electron chi connectivity index (χ1n) is 40.6. The number of alkyl halides is 1. The monoisotopic (exact) mass is 1960 g/mol. The van der Waals surface area contributed by atoms with Gasteiger partial charge < -0.3 is 53.7 Å². The van der Waals surface area contributed by atoms with E-state index in [4.69, 9.17) is 23.8 Å². The van der Waals surface area contributed by atoms with E-state index in [9.17, 15) is 58.8 Å². The maximum Gasteiger partial charge on any atom is 0.374 e. The molecule has 0 aromatic heterocycles. The topological polar surface area (TPSA) is 304 Å². The van der Waals surface area contributed by atoms with Gasteiger partial charge in [-0.15, -0.1) is 24.0 Å². The number of carbonyl (C=O) groups is 8. The molecule has 0 saturated heterocycles. The molecule has 0 spiro atoms. The number of allylic oxidation sites excluding steroid dienone is 1. The lowest BCUT2D eigenvalue weighted by Crippen LogP contribution is -2.59. The van der Waals surface area contributed by atoms with E-state index in [1.165, 1.54) is 98.4 Å². The van der Waals surface area contributed by atoms with Gasteiger partial charge in [0.05, 0.1) is 32.5 Å². The molecule has 6 N–H and O–H groups in total. The van der Waals surface area contributed by atoms with Crippen molar-refractivity contribution in [3.63, 3.8) is 0 Å². The molecular formula is C83H134BBrI3O19Si2. The summed E-state index contributed by atoms with van der Waals surface area (Å²) in [4.78, 5) is 92.5. The Bertz CT molecular complexity index is 3120. The minimum absolute atomic E-state index is 0. The number of aliphatic hydroxyl groups excluding tert-OH is 2. The normalized spacial score (nSPS) is 42.3. The number of Topliss-reactive ketones (excluding diaryl/α,β-unsaturated/α-hetero) is 3. The highest BCUT2D eigenvalue weighted by Crippen LogP contribution is 2.67. The Kier molecular flexibility index (Phi) is 30.9. The van der Waals surface area contributed by atoms with Crippen LogP contribution in [0.1, 0.15) is 247 Å². The Morgan fingerprint density at radius 1 is 0.413 bits per heavy atom. The third-order valence-corrected chi connectivity index (χ3v) is 32.1. The van der Waals surface area contributed by atoms with E-state index in [1.54, 1.807) is 19.3 Å². The zero-order chi connectivity index (χ0) is 77.3. The lowest BCUT2D eigenvalue weighted by atomic mass is 9.47. The molecule has 24 aliphatic carbocycles. The summed E-state index contributed by atoms with van der Waals surface area (Å²) in [6.07, 6.45) is 38.5. The van der Waals surface area contributed by atoms with Gasteiger partial charge in [-0.25, -0.2) is 24.0 Å². The van der Waals surface area contributed by atoms with Gasteiger partial charge in [-0.2, -0.15) is 0 Å². The minimum Gasteiger partial charge on any atom is -0.521 e. The van der Waals surface area contributed by atoms with Crippen molar-refractivity contribution < 1.29 is 93.5 Å². The smallest absolute Gasteiger partial charge is 0.374 e. The molecule has 6 unspecified atom stereocenters. The van der Waals surface area contributed by atoms with Crippen molar-refractivity contribution in [1.29, 1.82) is 0 Å². The van der Waals surface area contributed by atoms with E-state index in [0.29, 0.717) is 89.2 Å². The Morgan fingerprint density at radius 2 is 0.661 bits per heavy atom. The molecule has 24 bridgehead atoms. The van der Waals surface area contributed by atoms with Crippen molar-refractivity contribution in [2.45, 2.75) is 313 Å². The van der Waals surface area contributed by atoms with Crippen LogP contribution in [0.3, 0.4) is 0 Å². The van der Waals surface area contributed by atoms with Crippen molar-refractivity contribution in [1.82, 2.24) is 0 Å². The molecule has 24 saturated carbocycles. The standard InChI is InChI=1S/C13H18O4.C13H20O3.C13H18O3.C12H16O4.C12H18O3.C10H15Br.C9H22O2Si2.CH4.B.I2.HI.H2/c1-17-11(15)10(14)12-3-8-2-9(4-12)6-13(16,5-8)7-12;2*1-16-12(15)11(14)13-5-8-2-9(6-13)4-10(3-8)7-13;13-9(10(14)15)11-2-7-1-8(3-11)5-12(16,4-7)6-11;13-10(11(14)15)12-4-7-1-8(5-12)3-9(2-7)6-12;11-10-4-7-1-8(5-10)3-9(2-7)6-10;1-8-9(10-12(2,3)4)11-13(5,6)7;;;1-2;;/h8-9,16H,2-7H2,1H3;8-11,14H,2-7H2,1H3;8-10H,2-7H2,1H3;7-8,16H,1-6H2,(H,14,15);7-10,13H,1-6H2,(H,14,15);7-9H,1-6H2;8H,1-7H3;1H4;;;2*1H/i;;;;;;;;;;;1+1. The van der Waals surface area contributed by atoms with Crippen molar-refractivity contribution in [2.75, 3.05) is 21.3 Å². The van der Waals surface area contributed by atoms with E-state index in [2.05, 4.69) is 102 Å². The summed E-state index contributed by atoms with van der Waals surface area (Å²) < 4.78 is 26.1. The Labute approximate surface area is 704 Å². The number of ether oxygens (including phenoxy) is 3. The Hall–Kier alpha value is -1.29. The van der Waals surface area contributed by atoms with Gasteiger partial charge in [0.2, 0.25) is 39.9 Å². The summed E-state index contributed by atoms with van der Waals surface area (Å²) in [5, 5.41) is 58.8. The van der Waals surface area contributed by atoms with Crippen LogP contribution in [0.5, 0.6) is 0 Å². The minimum atomic E-state index is -1.51. The summed E-state index contributed by atoms with van der Waals surface area (Å²) in [6.45, 7) is 14.9. The van der Waals surface area contributed by atoms with Crippen LogP contribution in [0, 0.1) is 122 Å². The number of rotatable bonds is 14. The summed E-state index contributed by atoms with van der Waals surface area (Å²) in [5.74, 6) is 6.54. The lowest BCUT2D eigenvalue weighted by molar-refractivity contribution is -0.183. The first-order valence-corrected chi connectivity index (χ1v) is 54.5. The average Bonchev–Trinajstić information content (AvgIpc) is 0.744. The predicted octanol–water partition coefficient (Wildman–Crippen LogP) is 17.2. The molecule has 109 heavy (non-hydrogen) atoms. The SMILES string of the molecule is BrC12CC3CC(CC(C3)C1)C2.C.CC=C(O[Si](C)(C)C)O[Si](C)(C)C.COC(=O)C(=O)C12CC3CC(CC(C3)C1)C2.COC(=O)C(=O)C12CC3CC(CC(O)(C3)C1)C2.COC(=O)C(O)C12CC3CC(CC(C3)C1)C2.I.II.O=C(O)C(=O)C12CC3CC(CC(O)(C3)C1)C2.O=C(O)C(O)C12CC3CC(CC(C3)C1)C2.[2HH].[B]. The fourth-order valence-corrected chi connectivity index (χ4v) is 31.6. The molecule has 24 aliphatic rings. The van der Waals surface area contributed by atoms with Gasteiger partial charge in [-0.3, -0.25) is 14.4 Å². The van der Waals surface area contributed by atoms with E-state index in [1.807, 2.05) is 13.0 Å². The molecule has 0 aromatic rings. The van der Waals surface area contributed by atoms with Crippen molar-refractivity contribution in [2.24, 2.45) is 122 Å². The van der Waals surface area contributed by atoms with Gasteiger partial charge in [-0.1, -0.05) is 23.4 Å². The number of aliphatic hydroxyl groups is 4. The molecule has 24 fully saturated rings. The first kappa shape index (κ1) is 93.2. The highest BCUT2D eigenvalue weighted by molar-refractivity contribution is 15.0. The highest BCUT2D eigenvalue weighted by Gasteiger charge is 2.64. The number of methoxy groups -OCH3 is 3. The molecular weight excluding hydrogens is 1830 g/mol. The molecule has 619 valence electrons. The van der Waals surface area contributed by atoms with Crippen molar-refractivity contribution in [3.05, 3.63) is 12.0 Å². The lowest BCUT2D eigenvalue weighted by Gasteiger charge is -2.59. The van der Waals surface area contributed by atoms with Crippen LogP contribution in [0.15, 0.2) is 12.0 Å². The van der Waals surface area contributed by atoms with Crippen LogP contribution < -0.4 is 0 Å². The zero-order valence-corrected chi connectivity index (χ0v) is 76.3. The van der Waals surface area contributed by atoms with Crippen LogP contribution >= 0.6 is 77.1 Å². The maximum absolute atomic E-state index is 12.2. The Balaban J connectivity index is 0.000000177. The number of hydrogen-bond donors (Lipinski definition) is 6. The number of carboxylic acids is 2. The van der Waals surface area contributed by atoms with E-state index < -0.39 is 92.3 Å². The molecule has 6 atom stereocenters. The van der Waals surface area contributed by atoms with Gasteiger partial charge in [0.15, 0.2) is 12.2 Å². The quantitative estimate of drug-likeness (QED) is 0.0179. The van der Waals surface area contributed by atoms with E-state index >= 15 is 0 Å². The molecule has 24 rings (SSSR count). The number of halogens is 4. The second kappa shape index (κ2) is 36.1. The summed E-state index contributed by atoms with van der Waals surface area (Å²) in [7, 11) is 0.895. The molecule has 0 aromatic carbocycles. The first-order chi connectivity index (χ1) is 49.6. The summed E-state index contributed by atoms with van der Waals surface area (Å²) >= 11 is 8.20. The molecule has 0 aliphatic heterocycles. The van der Waals surface area contributed by atoms with Gasteiger partial charge in [0, 0.05) is 78.5 Å². The number of aliphatic carboxylic acids is 2. The molecule has 0 amide bonds. The third kappa shape index (κ3) is 21.2. The molecule has 0 heterocycles. The summed E-state index contributed by atoms with van der Waals surface area (Å²) in [6, 6.07) is 0. The molecule has 26 heteroatoms. The fourth-order valence-electron chi connectivity index (χ4n) is 28.6. The number of carboxylic acid groups (broad SMARTS) is 2. The second-order valence-corrected chi connectivity index (χ2v) is 51.3. The van der Waals surface area contributed by atoms with Crippen LogP contribution in [-0.2, 0) is 61.4 Å². The van der Waals surface area contributed by atoms with Gasteiger partial charge in [-0.05, 0) is 378 Å². The van der Waals surface area contributed by atoms with Crippen LogP contribution in [0.4, 0.5) is 0 Å². The predicted molar refractivity (Wildman–Crippen MR) is 455 cm³/mol. The molecule has 3 radical (unpaired) electrons.